The van der Waals surface area contributed by atoms with E-state index in [0.29, 0.717) is 17.0 Å². The van der Waals surface area contributed by atoms with Gasteiger partial charge in [-0.05, 0) is 36.4 Å². The molecule has 11 heteroatoms. The number of hydrogen-bond acceptors (Lipinski definition) is 7. The lowest BCUT2D eigenvalue weighted by atomic mass is 10.1. The molecule has 0 unspecified atom stereocenters. The first-order valence-electron chi connectivity index (χ1n) is 9.65. The number of H-pyrrole nitrogens is 1. The maximum absolute atomic E-state index is 12.7. The van der Waals surface area contributed by atoms with E-state index in [0.717, 1.165) is 17.1 Å². The van der Waals surface area contributed by atoms with Crippen molar-refractivity contribution in [2.75, 3.05) is 4.72 Å². The summed E-state index contributed by atoms with van der Waals surface area (Å²) in [6, 6.07) is 19.4. The maximum Gasteiger partial charge on any atom is 0.335 e. The molecule has 0 amide bonds. The average Bonchev–Trinajstić information content (AvgIpc) is 3.46. The van der Waals surface area contributed by atoms with Gasteiger partial charge < -0.3 is 14.5 Å². The summed E-state index contributed by atoms with van der Waals surface area (Å²) in [6.07, 6.45) is 0. The van der Waals surface area contributed by atoms with Crippen LogP contribution < -0.4 is 4.72 Å². The molecule has 0 aliphatic carbocycles. The number of aromatic nitrogens is 4. The fourth-order valence-electron chi connectivity index (χ4n) is 3.30. The van der Waals surface area contributed by atoms with Crippen molar-refractivity contribution >= 4 is 33.0 Å². The van der Waals surface area contributed by atoms with Gasteiger partial charge in [-0.15, -0.1) is 5.10 Å². The van der Waals surface area contributed by atoms with Crippen molar-refractivity contribution in [1.29, 1.82) is 0 Å². The molecule has 164 valence electrons. The van der Waals surface area contributed by atoms with Crippen LogP contribution in [0.2, 0.25) is 0 Å². The van der Waals surface area contributed by atoms with Crippen molar-refractivity contribution in [3.8, 4) is 22.8 Å². The summed E-state index contributed by atoms with van der Waals surface area (Å²) < 4.78 is 33.1. The first-order chi connectivity index (χ1) is 15.9. The van der Waals surface area contributed by atoms with Crippen molar-refractivity contribution in [1.82, 2.24) is 20.2 Å². The number of aromatic carboxylic acids is 1. The van der Waals surface area contributed by atoms with Crippen LogP contribution in [0, 0.1) is 0 Å². The van der Waals surface area contributed by atoms with Crippen LogP contribution in [0.4, 0.5) is 6.01 Å². The highest BCUT2D eigenvalue weighted by Crippen LogP contribution is 2.31. The molecule has 33 heavy (non-hydrogen) atoms. The predicted octanol–water partition coefficient (Wildman–Crippen LogP) is 3.78. The molecule has 3 aromatic carbocycles. The molecule has 0 saturated heterocycles. The molecule has 10 nitrogen and oxygen atoms in total. The van der Waals surface area contributed by atoms with Gasteiger partial charge in [-0.1, -0.05) is 41.5 Å². The quantitative estimate of drug-likeness (QED) is 0.346. The van der Waals surface area contributed by atoms with Crippen molar-refractivity contribution in [3.63, 3.8) is 0 Å². The van der Waals surface area contributed by atoms with Gasteiger partial charge >= 0.3 is 12.0 Å². The smallest absolute Gasteiger partial charge is 0.335 e. The summed E-state index contributed by atoms with van der Waals surface area (Å²) in [5.74, 6) is -0.560. The minimum Gasteiger partial charge on any atom is -0.478 e. The van der Waals surface area contributed by atoms with E-state index in [1.165, 1.54) is 18.2 Å². The number of nitrogens with one attached hydrogen (secondary N) is 2. The number of anilines is 1. The van der Waals surface area contributed by atoms with Crippen LogP contribution >= 0.6 is 0 Å². The minimum atomic E-state index is -4.15. The Morgan fingerprint density at radius 1 is 0.939 bits per heavy atom. The van der Waals surface area contributed by atoms with Gasteiger partial charge in [0.25, 0.3) is 15.9 Å². The standard InChI is InChI=1S/C22H15N5O5S/c28-21(29)13-6-5-7-14(12-13)33(30,31)27-22-26-25-20(32-22)16-9-2-1-8-15(16)19-23-17-10-3-4-11-18(17)24-19/h1-12H,(H,23,24)(H,26,27)(H,28,29). The Kier molecular flexibility index (Phi) is 4.87. The van der Waals surface area contributed by atoms with Crippen LogP contribution in [0.25, 0.3) is 33.9 Å². The summed E-state index contributed by atoms with van der Waals surface area (Å²) >= 11 is 0. The van der Waals surface area contributed by atoms with Crippen molar-refractivity contribution in [2.45, 2.75) is 4.90 Å². The molecule has 5 aromatic rings. The van der Waals surface area contributed by atoms with Gasteiger partial charge in [0.05, 0.1) is 21.5 Å². The second-order valence-electron chi connectivity index (χ2n) is 7.00. The van der Waals surface area contributed by atoms with Crippen molar-refractivity contribution in [3.05, 3.63) is 78.4 Å². The van der Waals surface area contributed by atoms with Gasteiger partial charge in [-0.2, -0.15) is 0 Å². The van der Waals surface area contributed by atoms with E-state index in [2.05, 4.69) is 24.9 Å². The summed E-state index contributed by atoms with van der Waals surface area (Å²) in [5.41, 5.74) is 2.75. The molecule has 0 fully saturated rings. The maximum atomic E-state index is 12.7. The van der Waals surface area contributed by atoms with Crippen molar-refractivity contribution < 1.29 is 22.7 Å². The van der Waals surface area contributed by atoms with Gasteiger partial charge in [0.1, 0.15) is 5.82 Å². The second-order valence-corrected chi connectivity index (χ2v) is 8.68. The Morgan fingerprint density at radius 3 is 2.48 bits per heavy atom. The third kappa shape index (κ3) is 3.92. The predicted molar refractivity (Wildman–Crippen MR) is 119 cm³/mol. The van der Waals surface area contributed by atoms with Crippen LogP contribution in [0.5, 0.6) is 0 Å². The van der Waals surface area contributed by atoms with Crippen LogP contribution in [0.1, 0.15) is 10.4 Å². The SMILES string of the molecule is O=C(O)c1cccc(S(=O)(=O)Nc2nnc(-c3ccccc3-c3nc4ccccc4[nH]3)o2)c1. The highest BCUT2D eigenvalue weighted by Gasteiger charge is 2.21. The number of carboxylic acid groups (broad SMARTS) is 1. The molecule has 0 bridgehead atoms. The molecule has 5 rings (SSSR count). The highest BCUT2D eigenvalue weighted by molar-refractivity contribution is 7.92. The first kappa shape index (κ1) is 20.4. The van der Waals surface area contributed by atoms with E-state index < -0.39 is 16.0 Å². The zero-order valence-corrected chi connectivity index (χ0v) is 17.6. The van der Waals surface area contributed by atoms with Gasteiger partial charge in [-0.3, -0.25) is 0 Å². The van der Waals surface area contributed by atoms with Crippen LogP contribution in [0.15, 0.2) is 82.1 Å². The number of carboxylic acids is 1. The number of aromatic amines is 1. The van der Waals surface area contributed by atoms with E-state index in [-0.39, 0.29) is 22.4 Å². The first-order valence-corrected chi connectivity index (χ1v) is 11.1. The van der Waals surface area contributed by atoms with E-state index in [4.69, 9.17) is 9.52 Å². The number of hydrogen-bond donors (Lipinski definition) is 3. The third-order valence-electron chi connectivity index (χ3n) is 4.84. The lowest BCUT2D eigenvalue weighted by Crippen LogP contribution is -2.14. The number of sulfonamides is 1. The van der Waals surface area contributed by atoms with Crippen LogP contribution in [0.3, 0.4) is 0 Å². The number of carbonyl (C=O) groups is 1. The lowest BCUT2D eigenvalue weighted by molar-refractivity contribution is 0.0696. The molecule has 0 spiro atoms. The number of benzene rings is 3. The largest absolute Gasteiger partial charge is 0.478 e. The molecular formula is C22H15N5O5S. The fraction of sp³-hybridized carbons (Fsp3) is 0. The third-order valence-corrected chi connectivity index (χ3v) is 6.16. The van der Waals surface area contributed by atoms with Gasteiger partial charge in [0.15, 0.2) is 0 Å². The monoisotopic (exact) mass is 461 g/mol. The summed E-state index contributed by atoms with van der Waals surface area (Å²) in [7, 11) is -4.15. The Balaban J connectivity index is 1.47. The molecule has 3 N–H and O–H groups in total. The lowest BCUT2D eigenvalue weighted by Gasteiger charge is -2.05. The molecule has 0 saturated carbocycles. The number of imidazole rings is 1. The van der Waals surface area contributed by atoms with Crippen LogP contribution in [-0.2, 0) is 10.0 Å². The van der Waals surface area contributed by atoms with E-state index >= 15 is 0 Å². The van der Waals surface area contributed by atoms with E-state index in [1.54, 1.807) is 12.1 Å². The van der Waals surface area contributed by atoms with Gasteiger partial charge in [-0.25, -0.2) is 22.9 Å². The molecule has 0 radical (unpaired) electrons. The van der Waals surface area contributed by atoms with E-state index in [9.17, 15) is 13.2 Å². The number of rotatable bonds is 6. The van der Waals surface area contributed by atoms with Gasteiger partial charge in [0.2, 0.25) is 0 Å². The second kappa shape index (κ2) is 7.88. The molecule has 0 aliphatic heterocycles. The Bertz CT molecular complexity index is 1570. The van der Waals surface area contributed by atoms with Gasteiger partial charge in [0, 0.05) is 11.1 Å². The minimum absolute atomic E-state index is 0.0862. The van der Waals surface area contributed by atoms with Crippen LogP contribution in [-0.4, -0.2) is 39.7 Å². The van der Waals surface area contributed by atoms with E-state index in [1.807, 2.05) is 36.4 Å². The summed E-state index contributed by atoms with van der Waals surface area (Å²) in [4.78, 5) is 18.7. The zero-order chi connectivity index (χ0) is 23.0. The van der Waals surface area contributed by atoms with Crippen molar-refractivity contribution in [2.24, 2.45) is 0 Å². The molecular weight excluding hydrogens is 446 g/mol. The number of fused-ring (bicyclic) bond motifs is 1. The zero-order valence-electron chi connectivity index (χ0n) is 16.8. The Hall–Kier alpha value is -4.51. The highest BCUT2D eigenvalue weighted by atomic mass is 32.2. The Labute approximate surface area is 187 Å². The summed E-state index contributed by atoms with van der Waals surface area (Å²) in [5, 5.41) is 16.9. The average molecular weight is 461 g/mol. The molecule has 0 atom stereocenters. The normalized spacial score (nSPS) is 11.5. The molecule has 2 aromatic heterocycles. The molecule has 0 aliphatic rings. The topological polar surface area (TPSA) is 151 Å². The fourth-order valence-corrected chi connectivity index (χ4v) is 4.27. The summed E-state index contributed by atoms with van der Waals surface area (Å²) in [6.45, 7) is 0. The number of nitrogens with zero attached hydrogens (tertiary/aromatic N) is 3. The Morgan fingerprint density at radius 2 is 1.70 bits per heavy atom. The number of para-hydroxylation sites is 2. The molecule has 2 heterocycles.